The molecule has 3 rings (SSSR count). The standard InChI is InChI=1S/C22H24N2O6/c1-14-17-6-5-16(28-3)12-19(17)30-22(26)18(14)7-8-20(25)24-15-4-9-21(23-13-15)29-11-10-27-2/h4-6,9,12-13H,7-8,10-11H2,1-3H3,(H,24,25). The molecule has 1 N–H and O–H groups in total. The maximum absolute atomic E-state index is 12.4. The van der Waals surface area contributed by atoms with Crippen LogP contribution in [-0.4, -0.2) is 38.3 Å². The van der Waals surface area contributed by atoms with E-state index in [1.807, 2.05) is 19.1 Å². The highest BCUT2D eigenvalue weighted by atomic mass is 16.5. The predicted octanol–water partition coefficient (Wildman–Crippen LogP) is 3.10. The van der Waals surface area contributed by atoms with E-state index in [9.17, 15) is 9.59 Å². The molecule has 8 heteroatoms. The number of amides is 1. The molecule has 2 heterocycles. The van der Waals surface area contributed by atoms with Crippen LogP contribution >= 0.6 is 0 Å². The Labute approximate surface area is 173 Å². The third-order valence-electron chi connectivity index (χ3n) is 4.65. The van der Waals surface area contributed by atoms with Gasteiger partial charge < -0.3 is 23.9 Å². The lowest BCUT2D eigenvalue weighted by Crippen LogP contribution is -2.16. The minimum atomic E-state index is -0.444. The summed E-state index contributed by atoms with van der Waals surface area (Å²) in [5, 5.41) is 3.59. The number of aryl methyl sites for hydroxylation is 1. The Morgan fingerprint density at radius 1 is 1.17 bits per heavy atom. The van der Waals surface area contributed by atoms with Crippen molar-refractivity contribution in [3.63, 3.8) is 0 Å². The van der Waals surface area contributed by atoms with E-state index in [4.69, 9.17) is 18.6 Å². The molecule has 2 aromatic heterocycles. The summed E-state index contributed by atoms with van der Waals surface area (Å²) in [6.45, 7) is 2.72. The first-order chi connectivity index (χ1) is 14.5. The van der Waals surface area contributed by atoms with Gasteiger partial charge in [0.25, 0.3) is 0 Å². The number of nitrogens with zero attached hydrogens (tertiary/aromatic N) is 1. The summed E-state index contributed by atoms with van der Waals surface area (Å²) in [5.74, 6) is 0.838. The Balaban J connectivity index is 1.63. The third kappa shape index (κ3) is 5.15. The summed E-state index contributed by atoms with van der Waals surface area (Å²) in [6.07, 6.45) is 1.93. The first-order valence-corrected chi connectivity index (χ1v) is 9.49. The van der Waals surface area contributed by atoms with Crippen LogP contribution in [0.5, 0.6) is 11.6 Å². The molecule has 0 atom stereocenters. The number of carbonyl (C=O) groups excluding carboxylic acids is 1. The zero-order chi connectivity index (χ0) is 21.5. The second kappa shape index (κ2) is 9.89. The number of hydrogen-bond acceptors (Lipinski definition) is 7. The van der Waals surface area contributed by atoms with Crippen molar-refractivity contribution in [1.82, 2.24) is 4.98 Å². The van der Waals surface area contributed by atoms with Crippen LogP contribution in [0.3, 0.4) is 0 Å². The summed E-state index contributed by atoms with van der Waals surface area (Å²) in [5.41, 5.74) is 1.86. The lowest BCUT2D eigenvalue weighted by molar-refractivity contribution is -0.116. The van der Waals surface area contributed by atoms with Crippen LogP contribution in [0.2, 0.25) is 0 Å². The second-order valence-electron chi connectivity index (χ2n) is 6.63. The fraction of sp³-hybridized carbons (Fsp3) is 0.318. The summed E-state index contributed by atoms with van der Waals surface area (Å²) >= 11 is 0. The van der Waals surface area contributed by atoms with Crippen LogP contribution in [0.15, 0.2) is 45.7 Å². The van der Waals surface area contributed by atoms with Gasteiger partial charge in [0.15, 0.2) is 0 Å². The van der Waals surface area contributed by atoms with Gasteiger partial charge in [-0.15, -0.1) is 0 Å². The number of rotatable bonds is 9. The van der Waals surface area contributed by atoms with E-state index in [1.165, 1.54) is 6.20 Å². The van der Waals surface area contributed by atoms with E-state index in [0.717, 1.165) is 10.9 Å². The monoisotopic (exact) mass is 412 g/mol. The minimum Gasteiger partial charge on any atom is -0.497 e. The smallest absolute Gasteiger partial charge is 0.339 e. The van der Waals surface area contributed by atoms with Crippen LogP contribution in [0, 0.1) is 6.92 Å². The van der Waals surface area contributed by atoms with Gasteiger partial charge in [0.2, 0.25) is 11.8 Å². The first-order valence-electron chi connectivity index (χ1n) is 9.49. The molecule has 8 nitrogen and oxygen atoms in total. The van der Waals surface area contributed by atoms with E-state index in [1.54, 1.807) is 32.4 Å². The highest BCUT2D eigenvalue weighted by molar-refractivity contribution is 5.91. The summed E-state index contributed by atoms with van der Waals surface area (Å²) in [7, 11) is 3.15. The molecule has 0 radical (unpaired) electrons. The molecule has 1 aromatic carbocycles. The molecule has 0 aliphatic rings. The molecule has 0 spiro atoms. The van der Waals surface area contributed by atoms with Crippen molar-refractivity contribution >= 4 is 22.6 Å². The zero-order valence-electron chi connectivity index (χ0n) is 17.2. The number of methoxy groups -OCH3 is 2. The normalized spacial score (nSPS) is 10.8. The van der Waals surface area contributed by atoms with Gasteiger partial charge in [-0.2, -0.15) is 0 Å². The molecule has 0 saturated carbocycles. The van der Waals surface area contributed by atoms with Crippen LogP contribution in [0.25, 0.3) is 11.0 Å². The van der Waals surface area contributed by atoms with Gasteiger partial charge in [-0.3, -0.25) is 4.79 Å². The van der Waals surface area contributed by atoms with Crippen molar-refractivity contribution in [1.29, 1.82) is 0 Å². The van der Waals surface area contributed by atoms with Gasteiger partial charge in [-0.25, -0.2) is 9.78 Å². The van der Waals surface area contributed by atoms with Crippen molar-refractivity contribution < 1.29 is 23.4 Å². The number of ether oxygens (including phenoxy) is 3. The van der Waals surface area contributed by atoms with Crippen molar-refractivity contribution in [2.45, 2.75) is 19.8 Å². The lowest BCUT2D eigenvalue weighted by atomic mass is 10.0. The topological polar surface area (TPSA) is 99.9 Å². The van der Waals surface area contributed by atoms with E-state index >= 15 is 0 Å². The summed E-state index contributed by atoms with van der Waals surface area (Å²) < 4.78 is 20.9. The van der Waals surface area contributed by atoms with Crippen LogP contribution in [0.4, 0.5) is 5.69 Å². The van der Waals surface area contributed by atoms with E-state index < -0.39 is 5.63 Å². The molecule has 0 aliphatic carbocycles. The molecule has 1 amide bonds. The number of fused-ring (bicyclic) bond motifs is 1. The molecular weight excluding hydrogens is 388 g/mol. The third-order valence-corrected chi connectivity index (χ3v) is 4.65. The molecule has 0 bridgehead atoms. The van der Waals surface area contributed by atoms with Crippen LogP contribution in [0.1, 0.15) is 17.5 Å². The number of anilines is 1. The van der Waals surface area contributed by atoms with E-state index in [0.29, 0.717) is 41.7 Å². The van der Waals surface area contributed by atoms with Crippen molar-refractivity contribution in [3.05, 3.63) is 58.1 Å². The van der Waals surface area contributed by atoms with E-state index in [2.05, 4.69) is 10.3 Å². The number of pyridine rings is 1. The molecule has 30 heavy (non-hydrogen) atoms. The SMILES string of the molecule is COCCOc1ccc(NC(=O)CCc2c(C)c3ccc(OC)cc3oc2=O)cn1. The van der Waals surface area contributed by atoms with Gasteiger partial charge in [-0.05, 0) is 37.1 Å². The van der Waals surface area contributed by atoms with Gasteiger partial charge in [0.1, 0.15) is 17.9 Å². The summed E-state index contributed by atoms with van der Waals surface area (Å²) in [6, 6.07) is 8.70. The Kier molecular flexibility index (Phi) is 7.03. The second-order valence-corrected chi connectivity index (χ2v) is 6.63. The molecule has 0 saturated heterocycles. The highest BCUT2D eigenvalue weighted by Gasteiger charge is 2.14. The average molecular weight is 412 g/mol. The molecular formula is C22H24N2O6. The molecule has 3 aromatic rings. The fourth-order valence-electron chi connectivity index (χ4n) is 3.02. The van der Waals surface area contributed by atoms with Crippen molar-refractivity contribution in [2.24, 2.45) is 0 Å². The maximum atomic E-state index is 12.4. The fourth-order valence-corrected chi connectivity index (χ4v) is 3.02. The Bertz CT molecular complexity index is 1080. The predicted molar refractivity (Wildman–Crippen MR) is 112 cm³/mol. The maximum Gasteiger partial charge on any atom is 0.339 e. The van der Waals surface area contributed by atoms with Crippen LogP contribution < -0.4 is 20.4 Å². The quantitative estimate of drug-likeness (QED) is 0.426. The number of benzene rings is 1. The Morgan fingerprint density at radius 2 is 2.00 bits per heavy atom. The molecule has 0 fully saturated rings. The largest absolute Gasteiger partial charge is 0.497 e. The Hall–Kier alpha value is -3.39. The molecule has 0 aliphatic heterocycles. The zero-order valence-corrected chi connectivity index (χ0v) is 17.2. The van der Waals surface area contributed by atoms with Gasteiger partial charge >= 0.3 is 5.63 Å². The van der Waals surface area contributed by atoms with Gasteiger partial charge in [0, 0.05) is 36.6 Å². The number of nitrogens with one attached hydrogen (secondary N) is 1. The number of hydrogen-bond donors (Lipinski definition) is 1. The Morgan fingerprint density at radius 3 is 2.70 bits per heavy atom. The summed E-state index contributed by atoms with van der Waals surface area (Å²) in [4.78, 5) is 28.8. The first kappa shape index (κ1) is 21.3. The number of aromatic nitrogens is 1. The van der Waals surface area contributed by atoms with Crippen LogP contribution in [-0.2, 0) is 16.0 Å². The van der Waals surface area contributed by atoms with Crippen molar-refractivity contribution in [2.75, 3.05) is 32.8 Å². The van der Waals surface area contributed by atoms with Gasteiger partial charge in [0.05, 0.1) is 25.6 Å². The lowest BCUT2D eigenvalue weighted by Gasteiger charge is -2.09. The molecule has 158 valence electrons. The minimum absolute atomic E-state index is 0.138. The molecule has 0 unspecified atom stereocenters. The van der Waals surface area contributed by atoms with Crippen molar-refractivity contribution in [3.8, 4) is 11.6 Å². The number of carbonyl (C=O) groups is 1. The van der Waals surface area contributed by atoms with E-state index in [-0.39, 0.29) is 18.7 Å². The average Bonchev–Trinajstić information content (AvgIpc) is 2.74. The highest BCUT2D eigenvalue weighted by Crippen LogP contribution is 2.24. The van der Waals surface area contributed by atoms with Gasteiger partial charge in [-0.1, -0.05) is 0 Å².